The highest BCUT2D eigenvalue weighted by Gasteiger charge is 2.21. The van der Waals surface area contributed by atoms with Crippen LogP contribution >= 0.6 is 11.8 Å². The summed E-state index contributed by atoms with van der Waals surface area (Å²) in [5, 5.41) is 4.14. The van der Waals surface area contributed by atoms with Gasteiger partial charge in [-0.25, -0.2) is 10.8 Å². The molecule has 2 unspecified atom stereocenters. The molecule has 1 aliphatic rings. The maximum Gasteiger partial charge on any atom is 0.206 e. The average Bonchev–Trinajstić information content (AvgIpc) is 2.38. The quantitative estimate of drug-likeness (QED) is 0.223. The van der Waals surface area contributed by atoms with Gasteiger partial charge in [-0.05, 0) is 25.5 Å². The van der Waals surface area contributed by atoms with Crippen LogP contribution in [-0.2, 0) is 4.74 Å². The van der Waals surface area contributed by atoms with Crippen LogP contribution in [0.3, 0.4) is 0 Å². The lowest BCUT2D eigenvalue weighted by Crippen LogP contribution is -2.48. The number of rotatable bonds is 5. The van der Waals surface area contributed by atoms with Crippen molar-refractivity contribution in [3.8, 4) is 0 Å². The summed E-state index contributed by atoms with van der Waals surface area (Å²) in [6, 6.07) is 0.485. The maximum absolute atomic E-state index is 5.45. The highest BCUT2D eigenvalue weighted by atomic mass is 32.2. The van der Waals surface area contributed by atoms with Crippen molar-refractivity contribution in [3.05, 3.63) is 0 Å². The lowest BCUT2D eigenvalue weighted by atomic mass is 9.95. The number of nitrogens with one attached hydrogen (secondary N) is 2. The molecule has 0 aliphatic heterocycles. The molecule has 0 bridgehead atoms. The van der Waals surface area contributed by atoms with Gasteiger partial charge in [0, 0.05) is 18.4 Å². The van der Waals surface area contributed by atoms with Crippen LogP contribution in [0.1, 0.15) is 25.7 Å². The summed E-state index contributed by atoms with van der Waals surface area (Å²) in [4.78, 5) is 4.31. The molecule has 5 nitrogen and oxygen atoms in total. The number of ether oxygens (including phenoxy) is 1. The van der Waals surface area contributed by atoms with Gasteiger partial charge in [0.1, 0.15) is 0 Å². The van der Waals surface area contributed by atoms with Crippen LogP contribution in [0.4, 0.5) is 0 Å². The third kappa shape index (κ3) is 5.61. The number of thioether (sulfide) groups is 1. The summed E-state index contributed by atoms with van der Waals surface area (Å²) in [5.74, 6) is 6.12. The predicted molar refractivity (Wildman–Crippen MR) is 74.2 cm³/mol. The van der Waals surface area contributed by atoms with Gasteiger partial charge in [0.25, 0.3) is 0 Å². The minimum absolute atomic E-state index is 0.485. The predicted octanol–water partition coefficient (Wildman–Crippen LogP) is 0.716. The van der Waals surface area contributed by atoms with E-state index in [0.717, 1.165) is 5.25 Å². The van der Waals surface area contributed by atoms with Crippen molar-refractivity contribution in [2.75, 3.05) is 26.5 Å². The molecule has 0 saturated heterocycles. The van der Waals surface area contributed by atoms with Crippen LogP contribution in [0, 0.1) is 0 Å². The molecule has 0 radical (unpaired) electrons. The molecule has 1 rings (SSSR count). The molecule has 0 spiro atoms. The number of hydrogen-bond acceptors (Lipinski definition) is 4. The van der Waals surface area contributed by atoms with E-state index in [0.29, 0.717) is 25.2 Å². The molecule has 100 valence electrons. The molecule has 0 aromatic heterocycles. The minimum Gasteiger partial charge on any atom is -0.383 e. The largest absolute Gasteiger partial charge is 0.383 e. The van der Waals surface area contributed by atoms with Gasteiger partial charge in [-0.2, -0.15) is 11.8 Å². The number of guanidine groups is 1. The summed E-state index contributed by atoms with van der Waals surface area (Å²) in [6.45, 7) is 1.24. The molecule has 2 atom stereocenters. The number of hydrogen-bond donors (Lipinski definition) is 3. The Morgan fingerprint density at radius 2 is 2.35 bits per heavy atom. The molecule has 6 heteroatoms. The molecule has 0 aromatic carbocycles. The summed E-state index contributed by atoms with van der Waals surface area (Å²) in [6.07, 6.45) is 7.17. The number of hydrazine groups is 1. The Kier molecular flexibility index (Phi) is 7.39. The molecular formula is C11H24N4OS. The summed E-state index contributed by atoms with van der Waals surface area (Å²) in [7, 11) is 1.67. The zero-order valence-corrected chi connectivity index (χ0v) is 11.6. The third-order valence-corrected chi connectivity index (χ3v) is 4.10. The highest BCUT2D eigenvalue weighted by molar-refractivity contribution is 7.99. The molecule has 1 fully saturated rings. The lowest BCUT2D eigenvalue weighted by Gasteiger charge is -2.29. The second-order valence-electron chi connectivity index (χ2n) is 4.23. The van der Waals surface area contributed by atoms with E-state index in [1.807, 2.05) is 11.8 Å². The van der Waals surface area contributed by atoms with Crippen molar-refractivity contribution in [2.24, 2.45) is 10.8 Å². The first-order valence-electron chi connectivity index (χ1n) is 6.09. The van der Waals surface area contributed by atoms with Crippen LogP contribution < -0.4 is 16.6 Å². The Hall–Kier alpha value is -0.460. The molecule has 4 N–H and O–H groups in total. The standard InChI is InChI=1S/C11H24N4OS/c1-16-7-6-13-11(15-12)14-9-4-3-5-10(8-9)17-2/h9-10H,3-8,12H2,1-2H3,(H2,13,14,15). The molecule has 0 aromatic rings. The number of nitrogens with two attached hydrogens (primary N) is 1. The number of nitrogens with zero attached hydrogens (tertiary/aromatic N) is 1. The minimum atomic E-state index is 0.485. The van der Waals surface area contributed by atoms with Crippen molar-refractivity contribution in [2.45, 2.75) is 37.0 Å². The van der Waals surface area contributed by atoms with E-state index in [2.05, 4.69) is 22.0 Å². The van der Waals surface area contributed by atoms with Crippen LogP contribution in [0.15, 0.2) is 4.99 Å². The Labute approximate surface area is 108 Å². The maximum atomic E-state index is 5.45. The van der Waals surface area contributed by atoms with E-state index in [-0.39, 0.29) is 0 Å². The van der Waals surface area contributed by atoms with E-state index in [1.54, 1.807) is 7.11 Å². The van der Waals surface area contributed by atoms with Crippen molar-refractivity contribution in [1.82, 2.24) is 10.7 Å². The molecule has 1 saturated carbocycles. The fourth-order valence-corrected chi connectivity index (χ4v) is 2.89. The van der Waals surface area contributed by atoms with Crippen molar-refractivity contribution in [1.29, 1.82) is 0 Å². The monoisotopic (exact) mass is 260 g/mol. The Bertz CT molecular complexity index is 238. The van der Waals surface area contributed by atoms with Gasteiger partial charge in [0.15, 0.2) is 0 Å². The van der Waals surface area contributed by atoms with Crippen LogP contribution in [-0.4, -0.2) is 43.8 Å². The molecule has 17 heavy (non-hydrogen) atoms. The second kappa shape index (κ2) is 8.60. The van der Waals surface area contributed by atoms with Crippen LogP contribution in [0.25, 0.3) is 0 Å². The van der Waals surface area contributed by atoms with E-state index in [1.165, 1.54) is 25.7 Å². The average molecular weight is 260 g/mol. The first kappa shape index (κ1) is 14.6. The van der Waals surface area contributed by atoms with Gasteiger partial charge in [0.05, 0.1) is 13.2 Å². The zero-order chi connectivity index (χ0) is 12.5. The van der Waals surface area contributed by atoms with E-state index in [4.69, 9.17) is 10.6 Å². The van der Waals surface area contributed by atoms with Gasteiger partial charge in [-0.3, -0.25) is 5.43 Å². The first-order valence-corrected chi connectivity index (χ1v) is 7.38. The summed E-state index contributed by atoms with van der Waals surface area (Å²) >= 11 is 1.95. The fraction of sp³-hybridized carbons (Fsp3) is 0.909. The van der Waals surface area contributed by atoms with Gasteiger partial charge in [-0.1, -0.05) is 6.42 Å². The molecule has 1 aliphatic carbocycles. The van der Waals surface area contributed by atoms with Gasteiger partial charge >= 0.3 is 0 Å². The van der Waals surface area contributed by atoms with Crippen molar-refractivity contribution in [3.63, 3.8) is 0 Å². The Balaban J connectivity index is 2.36. The van der Waals surface area contributed by atoms with Gasteiger partial charge < -0.3 is 10.1 Å². The zero-order valence-electron chi connectivity index (χ0n) is 10.7. The molecule has 0 amide bonds. The van der Waals surface area contributed by atoms with E-state index < -0.39 is 0 Å². The third-order valence-electron chi connectivity index (χ3n) is 3.00. The van der Waals surface area contributed by atoms with Crippen LogP contribution in [0.2, 0.25) is 0 Å². The summed E-state index contributed by atoms with van der Waals surface area (Å²) < 4.78 is 4.95. The first-order chi connectivity index (χ1) is 8.30. The van der Waals surface area contributed by atoms with E-state index in [9.17, 15) is 0 Å². The number of methoxy groups -OCH3 is 1. The fourth-order valence-electron chi connectivity index (χ4n) is 2.07. The second-order valence-corrected chi connectivity index (χ2v) is 5.37. The smallest absolute Gasteiger partial charge is 0.206 e. The normalized spacial score (nSPS) is 25.7. The van der Waals surface area contributed by atoms with Crippen molar-refractivity contribution < 1.29 is 4.74 Å². The molecule has 0 heterocycles. The Morgan fingerprint density at radius 1 is 1.53 bits per heavy atom. The highest BCUT2D eigenvalue weighted by Crippen LogP contribution is 2.26. The van der Waals surface area contributed by atoms with Crippen molar-refractivity contribution >= 4 is 17.7 Å². The Morgan fingerprint density at radius 3 is 3.00 bits per heavy atom. The molecular weight excluding hydrogens is 236 g/mol. The SMILES string of the molecule is COCCN=C(NN)NC1CCCC(SC)C1. The van der Waals surface area contributed by atoms with Crippen LogP contribution in [0.5, 0.6) is 0 Å². The van der Waals surface area contributed by atoms with E-state index >= 15 is 0 Å². The lowest BCUT2D eigenvalue weighted by molar-refractivity contribution is 0.207. The topological polar surface area (TPSA) is 71.7 Å². The van der Waals surface area contributed by atoms with Gasteiger partial charge in [0.2, 0.25) is 5.96 Å². The number of aliphatic imine (C=N–C) groups is 1. The summed E-state index contributed by atoms with van der Waals surface area (Å²) in [5.41, 5.74) is 2.62. The van der Waals surface area contributed by atoms with Gasteiger partial charge in [-0.15, -0.1) is 0 Å².